The number of amides is 1. The third kappa shape index (κ3) is 4.22. The Bertz CT molecular complexity index is 554. The maximum absolute atomic E-state index is 12.2. The maximum atomic E-state index is 12.2. The van der Waals surface area contributed by atoms with Crippen molar-refractivity contribution in [3.8, 4) is 0 Å². The predicted octanol–water partition coefficient (Wildman–Crippen LogP) is 2.73. The molecule has 1 aliphatic heterocycles. The van der Waals surface area contributed by atoms with Gasteiger partial charge < -0.3 is 10.0 Å². The van der Waals surface area contributed by atoms with E-state index in [1.807, 2.05) is 0 Å². The standard InChI is InChI=1S/C15H16F3NO3/c16-15(17,18)7-5-10-1-3-11(4-2-10)13(20)19-8-6-12(9-19)14(21)22/h1-4,12H,5-9H2,(H,21,22). The molecule has 1 aromatic rings. The summed E-state index contributed by atoms with van der Waals surface area (Å²) >= 11 is 0. The van der Waals surface area contributed by atoms with Crippen LogP contribution in [0.15, 0.2) is 24.3 Å². The van der Waals surface area contributed by atoms with Gasteiger partial charge in [-0.2, -0.15) is 13.2 Å². The summed E-state index contributed by atoms with van der Waals surface area (Å²) in [6, 6.07) is 5.98. The van der Waals surface area contributed by atoms with Gasteiger partial charge in [0.1, 0.15) is 0 Å². The predicted molar refractivity (Wildman–Crippen MR) is 72.5 cm³/mol. The SMILES string of the molecule is O=C(O)C1CCN(C(=O)c2ccc(CCC(F)(F)F)cc2)C1. The second-order valence-corrected chi connectivity index (χ2v) is 5.39. The third-order valence-corrected chi connectivity index (χ3v) is 3.72. The van der Waals surface area contributed by atoms with E-state index in [1.54, 1.807) is 0 Å². The maximum Gasteiger partial charge on any atom is 0.389 e. The Morgan fingerprint density at radius 2 is 1.86 bits per heavy atom. The minimum Gasteiger partial charge on any atom is -0.481 e. The molecule has 1 atom stereocenters. The molecule has 1 heterocycles. The molecular formula is C15H16F3NO3. The van der Waals surface area contributed by atoms with E-state index in [9.17, 15) is 22.8 Å². The van der Waals surface area contributed by atoms with Gasteiger partial charge in [-0.1, -0.05) is 12.1 Å². The van der Waals surface area contributed by atoms with Crippen molar-refractivity contribution < 1.29 is 27.9 Å². The van der Waals surface area contributed by atoms with E-state index in [2.05, 4.69) is 0 Å². The molecule has 1 N–H and O–H groups in total. The van der Waals surface area contributed by atoms with E-state index >= 15 is 0 Å². The van der Waals surface area contributed by atoms with Gasteiger partial charge in [0.05, 0.1) is 5.92 Å². The molecule has 120 valence electrons. The Balaban J connectivity index is 1.96. The van der Waals surface area contributed by atoms with E-state index < -0.39 is 24.5 Å². The number of carboxylic acid groups (broad SMARTS) is 1. The fourth-order valence-electron chi connectivity index (χ4n) is 2.43. The second-order valence-electron chi connectivity index (χ2n) is 5.39. The van der Waals surface area contributed by atoms with E-state index in [0.717, 1.165) is 0 Å². The fraction of sp³-hybridized carbons (Fsp3) is 0.467. The summed E-state index contributed by atoms with van der Waals surface area (Å²) in [7, 11) is 0. The highest BCUT2D eigenvalue weighted by molar-refractivity contribution is 5.94. The lowest BCUT2D eigenvalue weighted by molar-refractivity contribution is -0.141. The van der Waals surface area contributed by atoms with Gasteiger partial charge in [-0.3, -0.25) is 9.59 Å². The van der Waals surface area contributed by atoms with Crippen molar-refractivity contribution in [2.75, 3.05) is 13.1 Å². The largest absolute Gasteiger partial charge is 0.481 e. The summed E-state index contributed by atoms with van der Waals surface area (Å²) in [5, 5.41) is 8.91. The van der Waals surface area contributed by atoms with Crippen molar-refractivity contribution in [2.45, 2.75) is 25.4 Å². The average Bonchev–Trinajstić information content (AvgIpc) is 2.94. The number of hydrogen-bond donors (Lipinski definition) is 1. The third-order valence-electron chi connectivity index (χ3n) is 3.72. The number of aliphatic carboxylic acids is 1. The first-order valence-electron chi connectivity index (χ1n) is 6.94. The Morgan fingerprint density at radius 1 is 1.23 bits per heavy atom. The molecule has 1 amide bonds. The zero-order valence-electron chi connectivity index (χ0n) is 11.8. The van der Waals surface area contributed by atoms with Crippen LogP contribution < -0.4 is 0 Å². The summed E-state index contributed by atoms with van der Waals surface area (Å²) < 4.78 is 36.4. The van der Waals surface area contributed by atoms with Crippen molar-refractivity contribution in [2.24, 2.45) is 5.92 Å². The molecule has 4 nitrogen and oxygen atoms in total. The number of rotatable bonds is 4. The Morgan fingerprint density at radius 3 is 2.36 bits per heavy atom. The monoisotopic (exact) mass is 315 g/mol. The van der Waals surface area contributed by atoms with Crippen LogP contribution in [0.2, 0.25) is 0 Å². The molecule has 0 spiro atoms. The average molecular weight is 315 g/mol. The zero-order chi connectivity index (χ0) is 16.3. The molecule has 0 aromatic heterocycles. The molecule has 1 fully saturated rings. The van der Waals surface area contributed by atoms with Gasteiger partial charge in [-0.05, 0) is 30.5 Å². The number of carbonyl (C=O) groups is 2. The topological polar surface area (TPSA) is 57.6 Å². The number of carboxylic acids is 1. The summed E-state index contributed by atoms with van der Waals surface area (Å²) in [6.07, 6.45) is -4.80. The molecule has 0 aliphatic carbocycles. The number of halogens is 3. The van der Waals surface area contributed by atoms with Crippen LogP contribution in [0.25, 0.3) is 0 Å². The molecular weight excluding hydrogens is 299 g/mol. The van der Waals surface area contributed by atoms with Crippen molar-refractivity contribution in [1.82, 2.24) is 4.90 Å². The minimum atomic E-state index is -4.20. The molecule has 1 aliphatic rings. The van der Waals surface area contributed by atoms with Gasteiger partial charge >= 0.3 is 12.1 Å². The summed E-state index contributed by atoms with van der Waals surface area (Å²) in [6.45, 7) is 0.551. The number of benzene rings is 1. The molecule has 7 heteroatoms. The molecule has 1 aromatic carbocycles. The van der Waals surface area contributed by atoms with E-state index in [1.165, 1.54) is 29.2 Å². The van der Waals surface area contributed by atoms with Crippen molar-refractivity contribution in [1.29, 1.82) is 0 Å². The smallest absolute Gasteiger partial charge is 0.389 e. The Hall–Kier alpha value is -2.05. The summed E-state index contributed by atoms with van der Waals surface area (Å²) in [5.74, 6) is -1.75. The number of likely N-dealkylation sites (tertiary alicyclic amines) is 1. The van der Waals surface area contributed by atoms with E-state index in [4.69, 9.17) is 5.11 Å². The molecule has 0 radical (unpaired) electrons. The number of alkyl halides is 3. The lowest BCUT2D eigenvalue weighted by Crippen LogP contribution is -2.29. The van der Waals surface area contributed by atoms with E-state index in [0.29, 0.717) is 24.1 Å². The van der Waals surface area contributed by atoms with Crippen LogP contribution in [0.3, 0.4) is 0 Å². The molecule has 2 rings (SSSR count). The Kier molecular flexibility index (Phi) is 4.73. The summed E-state index contributed by atoms with van der Waals surface area (Å²) in [5.41, 5.74) is 0.875. The van der Waals surface area contributed by atoms with Crippen LogP contribution in [-0.4, -0.2) is 41.1 Å². The Labute approximate surface area is 125 Å². The van der Waals surface area contributed by atoms with Crippen LogP contribution in [0.4, 0.5) is 13.2 Å². The van der Waals surface area contributed by atoms with Crippen molar-refractivity contribution in [3.63, 3.8) is 0 Å². The molecule has 1 unspecified atom stereocenters. The first-order valence-corrected chi connectivity index (χ1v) is 6.94. The van der Waals surface area contributed by atoms with Crippen molar-refractivity contribution >= 4 is 11.9 Å². The lowest BCUT2D eigenvalue weighted by Gasteiger charge is -2.16. The number of carbonyl (C=O) groups excluding carboxylic acids is 1. The normalized spacial score (nSPS) is 18.5. The first kappa shape index (κ1) is 16.3. The molecule has 1 saturated heterocycles. The quantitative estimate of drug-likeness (QED) is 0.929. The first-order chi connectivity index (χ1) is 10.3. The van der Waals surface area contributed by atoms with Crippen LogP contribution >= 0.6 is 0 Å². The summed E-state index contributed by atoms with van der Waals surface area (Å²) in [4.78, 5) is 24.5. The highest BCUT2D eigenvalue weighted by atomic mass is 19.4. The zero-order valence-corrected chi connectivity index (χ0v) is 11.8. The minimum absolute atomic E-state index is 0.122. The van der Waals surface area contributed by atoms with Gasteiger partial charge in [-0.15, -0.1) is 0 Å². The second kappa shape index (κ2) is 6.37. The number of nitrogens with zero attached hydrogens (tertiary/aromatic N) is 1. The molecule has 0 bridgehead atoms. The fourth-order valence-corrected chi connectivity index (χ4v) is 2.43. The van der Waals surface area contributed by atoms with Gasteiger partial charge in [0.2, 0.25) is 0 Å². The molecule has 0 saturated carbocycles. The van der Waals surface area contributed by atoms with Gasteiger partial charge in [0.15, 0.2) is 0 Å². The highest BCUT2D eigenvalue weighted by Gasteiger charge is 2.31. The van der Waals surface area contributed by atoms with Crippen LogP contribution in [0, 0.1) is 5.92 Å². The van der Waals surface area contributed by atoms with Crippen molar-refractivity contribution in [3.05, 3.63) is 35.4 Å². The van der Waals surface area contributed by atoms with E-state index in [-0.39, 0.29) is 18.9 Å². The van der Waals surface area contributed by atoms with Crippen LogP contribution in [0.1, 0.15) is 28.8 Å². The van der Waals surface area contributed by atoms with Crippen LogP contribution in [-0.2, 0) is 11.2 Å². The lowest BCUT2D eigenvalue weighted by atomic mass is 10.1. The van der Waals surface area contributed by atoms with Gasteiger partial charge in [0.25, 0.3) is 5.91 Å². The number of aryl methyl sites for hydroxylation is 1. The highest BCUT2D eigenvalue weighted by Crippen LogP contribution is 2.23. The molecule has 22 heavy (non-hydrogen) atoms. The van der Waals surface area contributed by atoms with Gasteiger partial charge in [0, 0.05) is 25.1 Å². The van der Waals surface area contributed by atoms with Gasteiger partial charge in [-0.25, -0.2) is 0 Å². The number of hydrogen-bond acceptors (Lipinski definition) is 2. The van der Waals surface area contributed by atoms with Crippen LogP contribution in [0.5, 0.6) is 0 Å².